The summed E-state index contributed by atoms with van der Waals surface area (Å²) >= 11 is 11.3. The zero-order valence-corrected chi connectivity index (χ0v) is 18.9. The number of aromatic amines is 1. The molecule has 0 saturated heterocycles. The quantitative estimate of drug-likeness (QED) is 0.560. The lowest BCUT2D eigenvalue weighted by molar-refractivity contribution is -0.908. The Balaban J connectivity index is 1.78. The lowest BCUT2D eigenvalue weighted by Gasteiger charge is -2.35. The molecule has 32 heavy (non-hydrogen) atoms. The van der Waals surface area contributed by atoms with Crippen molar-refractivity contribution in [3.05, 3.63) is 67.2 Å². The molecule has 0 radical (unpaired) electrons. The third-order valence-corrected chi connectivity index (χ3v) is 6.53. The van der Waals surface area contributed by atoms with E-state index in [4.69, 9.17) is 38.0 Å². The zero-order chi connectivity index (χ0) is 22.6. The van der Waals surface area contributed by atoms with E-state index >= 15 is 0 Å². The van der Waals surface area contributed by atoms with Crippen LogP contribution in [-0.4, -0.2) is 37.0 Å². The average molecular weight is 474 g/mol. The van der Waals surface area contributed by atoms with Gasteiger partial charge in [-0.1, -0.05) is 11.6 Å². The number of ether oxygens (including phenoxy) is 3. The van der Waals surface area contributed by atoms with Gasteiger partial charge in [-0.05, 0) is 54.0 Å². The van der Waals surface area contributed by atoms with Crippen molar-refractivity contribution in [3.63, 3.8) is 0 Å². The summed E-state index contributed by atoms with van der Waals surface area (Å²) in [4.78, 5) is 16.8. The summed E-state index contributed by atoms with van der Waals surface area (Å²) in [6.07, 6.45) is 0.743. The van der Waals surface area contributed by atoms with Crippen LogP contribution in [0, 0.1) is 4.77 Å². The Kier molecular flexibility index (Phi) is 5.11. The second-order valence-corrected chi connectivity index (χ2v) is 8.61. The Labute approximate surface area is 193 Å². The van der Waals surface area contributed by atoms with Gasteiger partial charge in [0.05, 0.1) is 31.8 Å². The second kappa shape index (κ2) is 7.84. The number of benzene rings is 2. The van der Waals surface area contributed by atoms with Gasteiger partial charge in [-0.2, -0.15) is 0 Å². The molecule has 2 aliphatic rings. The summed E-state index contributed by atoms with van der Waals surface area (Å²) in [5.74, 6) is 1.10. The van der Waals surface area contributed by atoms with Crippen LogP contribution >= 0.6 is 23.8 Å². The summed E-state index contributed by atoms with van der Waals surface area (Å²) in [6, 6.07) is 8.04. The third-order valence-electron chi connectivity index (χ3n) is 5.99. The summed E-state index contributed by atoms with van der Waals surface area (Å²) in [5, 5.41) is 14.2. The van der Waals surface area contributed by atoms with Crippen LogP contribution in [-0.2, 0) is 6.42 Å². The number of halogens is 1. The van der Waals surface area contributed by atoms with Gasteiger partial charge in [0.15, 0.2) is 16.3 Å². The van der Waals surface area contributed by atoms with Crippen LogP contribution < -0.4 is 29.8 Å². The van der Waals surface area contributed by atoms with E-state index in [-0.39, 0.29) is 17.1 Å². The summed E-state index contributed by atoms with van der Waals surface area (Å²) < 4.78 is 18.3. The zero-order valence-electron chi connectivity index (χ0n) is 17.4. The van der Waals surface area contributed by atoms with E-state index in [1.807, 2.05) is 13.1 Å². The first-order valence-corrected chi connectivity index (χ1v) is 10.8. The molecule has 2 atom stereocenters. The number of likely N-dealkylation sites (N-methyl/N-ethyl adjacent to an activating group) is 1. The van der Waals surface area contributed by atoms with Crippen LogP contribution in [0.25, 0.3) is 5.69 Å². The molecule has 2 aliphatic heterocycles. The van der Waals surface area contributed by atoms with Crippen LogP contribution in [0.5, 0.6) is 23.1 Å². The van der Waals surface area contributed by atoms with Gasteiger partial charge in [0.1, 0.15) is 6.04 Å². The van der Waals surface area contributed by atoms with Crippen molar-refractivity contribution in [2.45, 2.75) is 12.5 Å². The van der Waals surface area contributed by atoms with E-state index < -0.39 is 17.5 Å². The first-order chi connectivity index (χ1) is 15.4. The molecule has 0 amide bonds. The fourth-order valence-electron chi connectivity index (χ4n) is 4.53. The molecule has 0 aliphatic carbocycles. The van der Waals surface area contributed by atoms with Crippen LogP contribution in [0.15, 0.2) is 35.1 Å². The molecule has 2 N–H and O–H groups in total. The van der Waals surface area contributed by atoms with Crippen LogP contribution in [0.4, 0.5) is 0 Å². The fourth-order valence-corrected chi connectivity index (χ4v) is 4.93. The first kappa shape index (κ1) is 20.9. The molecule has 1 aromatic heterocycles. The van der Waals surface area contributed by atoms with E-state index in [9.17, 15) is 9.90 Å². The number of rotatable bonds is 3. The largest absolute Gasteiger partial charge is 0.859 e. The maximum atomic E-state index is 13.7. The molecule has 166 valence electrons. The van der Waals surface area contributed by atoms with Gasteiger partial charge in [0.2, 0.25) is 12.5 Å². The molecular formula is C22H20ClN3O5S. The van der Waals surface area contributed by atoms with Crippen molar-refractivity contribution in [3.8, 4) is 28.8 Å². The lowest BCUT2D eigenvalue weighted by Crippen LogP contribution is -3.10. The lowest BCUT2D eigenvalue weighted by atomic mass is 9.87. The van der Waals surface area contributed by atoms with Gasteiger partial charge in [0, 0.05) is 17.1 Å². The van der Waals surface area contributed by atoms with E-state index in [0.717, 1.165) is 29.0 Å². The van der Waals surface area contributed by atoms with Crippen LogP contribution in [0.1, 0.15) is 22.7 Å². The molecule has 8 nitrogen and oxygen atoms in total. The number of quaternary nitrogens is 1. The van der Waals surface area contributed by atoms with Crippen molar-refractivity contribution in [2.75, 3.05) is 27.5 Å². The molecular weight excluding hydrogens is 454 g/mol. The van der Waals surface area contributed by atoms with Gasteiger partial charge >= 0.3 is 0 Å². The number of nitrogens with zero attached hydrogens (tertiary/aromatic N) is 1. The maximum absolute atomic E-state index is 13.7. The van der Waals surface area contributed by atoms with Gasteiger partial charge < -0.3 is 28.8 Å². The first-order valence-electron chi connectivity index (χ1n) is 10.0. The smallest absolute Gasteiger partial charge is 0.260 e. The summed E-state index contributed by atoms with van der Waals surface area (Å²) in [6.45, 7) is 0.812. The van der Waals surface area contributed by atoms with Crippen molar-refractivity contribution < 1.29 is 24.2 Å². The molecule has 2 aromatic carbocycles. The van der Waals surface area contributed by atoms with E-state index in [0.29, 0.717) is 28.0 Å². The van der Waals surface area contributed by atoms with Crippen molar-refractivity contribution in [1.82, 2.24) is 9.55 Å². The number of hydrogen-bond acceptors (Lipinski definition) is 6. The number of aromatic nitrogens is 2. The molecule has 0 spiro atoms. The molecule has 3 aromatic rings. The SMILES string of the molecule is COc1c2c(cc3c1C(c1c([O-])n(-c4ccc(Cl)cc4)c(=S)[nH]c1=O)[NH+](C)CC3)OCO2. The highest BCUT2D eigenvalue weighted by Gasteiger charge is 2.39. The van der Waals surface area contributed by atoms with E-state index in [1.54, 1.807) is 31.4 Å². The van der Waals surface area contributed by atoms with E-state index in [1.165, 1.54) is 4.57 Å². The highest BCUT2D eigenvalue weighted by Crippen LogP contribution is 2.48. The molecule has 0 saturated carbocycles. The highest BCUT2D eigenvalue weighted by molar-refractivity contribution is 7.71. The number of fused-ring (bicyclic) bond motifs is 2. The van der Waals surface area contributed by atoms with E-state index in [2.05, 4.69) is 4.98 Å². The maximum Gasteiger partial charge on any atom is 0.260 e. The van der Waals surface area contributed by atoms with Crippen molar-refractivity contribution in [1.29, 1.82) is 0 Å². The number of nitrogens with one attached hydrogen (secondary N) is 2. The Bertz CT molecular complexity index is 1340. The van der Waals surface area contributed by atoms with Gasteiger partial charge in [0.25, 0.3) is 5.56 Å². The monoisotopic (exact) mass is 473 g/mol. The molecule has 0 fully saturated rings. The molecule has 5 rings (SSSR count). The fraction of sp³-hybridized carbons (Fsp3) is 0.273. The van der Waals surface area contributed by atoms with Crippen LogP contribution in [0.2, 0.25) is 5.02 Å². The number of methoxy groups -OCH3 is 1. The molecule has 2 unspecified atom stereocenters. The van der Waals surface area contributed by atoms with Gasteiger partial charge in [-0.15, -0.1) is 0 Å². The molecule has 3 heterocycles. The van der Waals surface area contributed by atoms with Crippen molar-refractivity contribution in [2.24, 2.45) is 0 Å². The van der Waals surface area contributed by atoms with Gasteiger partial charge in [-0.3, -0.25) is 9.78 Å². The highest BCUT2D eigenvalue weighted by atomic mass is 35.5. The minimum atomic E-state index is -0.575. The summed E-state index contributed by atoms with van der Waals surface area (Å²) in [7, 11) is 3.49. The Hall–Kier alpha value is -3.01. The Morgan fingerprint density at radius 1 is 1.28 bits per heavy atom. The molecule has 10 heteroatoms. The van der Waals surface area contributed by atoms with Crippen LogP contribution in [0.3, 0.4) is 0 Å². The second-order valence-electron chi connectivity index (χ2n) is 7.79. The predicted octanol–water partition coefficient (Wildman–Crippen LogP) is 1.52. The normalized spacial score (nSPS) is 19.0. The summed E-state index contributed by atoms with van der Waals surface area (Å²) in [5.41, 5.74) is 1.81. The Morgan fingerprint density at radius 3 is 2.75 bits per heavy atom. The van der Waals surface area contributed by atoms with Gasteiger partial charge in [-0.25, -0.2) is 0 Å². The van der Waals surface area contributed by atoms with Crippen molar-refractivity contribution >= 4 is 23.8 Å². The minimum Gasteiger partial charge on any atom is -0.859 e. The average Bonchev–Trinajstić information content (AvgIpc) is 3.23. The number of hydrogen-bond donors (Lipinski definition) is 2. The number of H-pyrrole nitrogens is 1. The third kappa shape index (κ3) is 3.16. The standard InChI is InChI=1S/C22H20ClN3O5S/c1-25-8-7-11-9-14-18(31-10-30-14)19(29-2)15(11)17(25)16-20(27)24-22(32)26(21(16)28)13-5-3-12(23)4-6-13/h3-6,9,17,28H,7-8,10H2,1-2H3,(H,24,27,32). The topological polar surface area (TPSA) is 93.0 Å². The minimum absolute atomic E-state index is 0.0254. The molecule has 0 bridgehead atoms. The predicted molar refractivity (Wildman–Crippen MR) is 118 cm³/mol. The Morgan fingerprint density at radius 2 is 2.03 bits per heavy atom.